The quantitative estimate of drug-likeness (QED) is 0.656. The highest BCUT2D eigenvalue weighted by Crippen LogP contribution is 1.98. The van der Waals surface area contributed by atoms with Gasteiger partial charge in [0.25, 0.3) is 0 Å². The highest BCUT2D eigenvalue weighted by molar-refractivity contribution is 4.47. The molecule has 0 aromatic carbocycles. The Bertz CT molecular complexity index is 48.1. The van der Waals surface area contributed by atoms with E-state index in [0.717, 1.165) is 5.92 Å². The van der Waals surface area contributed by atoms with Crippen LogP contribution in [0, 0.1) is 5.92 Å². The second-order valence-electron chi connectivity index (χ2n) is 2.99. The first-order chi connectivity index (χ1) is 4.63. The molecule has 0 aliphatic carbocycles. The van der Waals surface area contributed by atoms with Crippen LogP contribution in [0.15, 0.2) is 0 Å². The van der Waals surface area contributed by atoms with Crippen molar-refractivity contribution in [2.45, 2.75) is 20.3 Å². The molecule has 2 nitrogen and oxygen atoms in total. The third-order valence-corrected chi connectivity index (χ3v) is 1.15. The summed E-state index contributed by atoms with van der Waals surface area (Å²) >= 11 is 0. The standard InChI is InChI=1S/C7H17N.CH5N.H2/c1-7(2)5-6-8(3)4;1-2;/h7H,5-6H2,1-4H3;2H2,1H3;1H. The topological polar surface area (TPSA) is 29.3 Å². The van der Waals surface area contributed by atoms with Crippen molar-refractivity contribution in [2.75, 3.05) is 27.7 Å². The van der Waals surface area contributed by atoms with Crippen molar-refractivity contribution >= 4 is 0 Å². The largest absolute Gasteiger partial charge is 0.333 e. The lowest BCUT2D eigenvalue weighted by molar-refractivity contribution is 0.369. The molecular formula is C8H24N2. The zero-order valence-corrected chi connectivity index (χ0v) is 8.02. The predicted octanol–water partition coefficient (Wildman–Crippen LogP) is 1.42. The highest BCUT2D eigenvalue weighted by Gasteiger charge is 1.93. The van der Waals surface area contributed by atoms with Gasteiger partial charge in [-0.1, -0.05) is 13.8 Å². The molecule has 66 valence electrons. The first kappa shape index (κ1) is 12.6. The van der Waals surface area contributed by atoms with Crippen LogP contribution in [0.25, 0.3) is 0 Å². The summed E-state index contributed by atoms with van der Waals surface area (Å²) in [6.07, 6.45) is 1.31. The molecule has 0 unspecified atom stereocenters. The average molecular weight is 148 g/mol. The summed E-state index contributed by atoms with van der Waals surface area (Å²) < 4.78 is 0. The smallest absolute Gasteiger partial charge is 0 e. The Balaban J connectivity index is -0.000000196. The van der Waals surface area contributed by atoms with Gasteiger partial charge in [-0.05, 0) is 40.0 Å². The van der Waals surface area contributed by atoms with E-state index in [0.29, 0.717) is 0 Å². The lowest BCUT2D eigenvalue weighted by Crippen LogP contribution is -2.14. The van der Waals surface area contributed by atoms with E-state index in [-0.39, 0.29) is 1.43 Å². The number of nitrogens with zero attached hydrogens (tertiary/aromatic N) is 1. The van der Waals surface area contributed by atoms with Crippen molar-refractivity contribution < 1.29 is 1.43 Å². The van der Waals surface area contributed by atoms with Crippen molar-refractivity contribution in [2.24, 2.45) is 11.7 Å². The highest BCUT2D eigenvalue weighted by atomic mass is 15.0. The third kappa shape index (κ3) is 15.7. The summed E-state index contributed by atoms with van der Waals surface area (Å²) in [5, 5.41) is 0. The molecule has 0 aromatic rings. The summed E-state index contributed by atoms with van der Waals surface area (Å²) in [5.41, 5.74) is 4.50. The fraction of sp³-hybridized carbons (Fsp3) is 1.00. The molecule has 10 heavy (non-hydrogen) atoms. The van der Waals surface area contributed by atoms with E-state index in [1.807, 2.05) is 0 Å². The van der Waals surface area contributed by atoms with E-state index >= 15 is 0 Å². The Morgan fingerprint density at radius 2 is 1.70 bits per heavy atom. The Morgan fingerprint density at radius 1 is 1.30 bits per heavy atom. The Hall–Kier alpha value is -0.0800. The second kappa shape index (κ2) is 8.92. The van der Waals surface area contributed by atoms with Gasteiger partial charge in [0.2, 0.25) is 0 Å². The zero-order valence-electron chi connectivity index (χ0n) is 8.02. The van der Waals surface area contributed by atoms with E-state index in [9.17, 15) is 0 Å². The molecule has 0 radical (unpaired) electrons. The minimum absolute atomic E-state index is 0. The van der Waals surface area contributed by atoms with Crippen LogP contribution in [0.5, 0.6) is 0 Å². The zero-order chi connectivity index (χ0) is 8.57. The van der Waals surface area contributed by atoms with Crippen LogP contribution in [0.3, 0.4) is 0 Å². The normalized spacial score (nSPS) is 9.60. The molecule has 2 heteroatoms. The van der Waals surface area contributed by atoms with E-state index in [2.05, 4.69) is 38.6 Å². The molecule has 0 saturated carbocycles. The van der Waals surface area contributed by atoms with Crippen LogP contribution >= 0.6 is 0 Å². The Labute approximate surface area is 66.9 Å². The van der Waals surface area contributed by atoms with Crippen LogP contribution in [0.1, 0.15) is 21.7 Å². The fourth-order valence-corrected chi connectivity index (χ4v) is 0.516. The van der Waals surface area contributed by atoms with Gasteiger partial charge in [0.1, 0.15) is 0 Å². The van der Waals surface area contributed by atoms with Crippen molar-refractivity contribution in [3.63, 3.8) is 0 Å². The van der Waals surface area contributed by atoms with E-state index in [1.54, 1.807) is 0 Å². The Morgan fingerprint density at radius 3 is 1.80 bits per heavy atom. The van der Waals surface area contributed by atoms with Crippen LogP contribution in [-0.2, 0) is 0 Å². The lowest BCUT2D eigenvalue weighted by atomic mass is 10.1. The van der Waals surface area contributed by atoms with Crippen LogP contribution in [0.4, 0.5) is 0 Å². The molecule has 0 fully saturated rings. The maximum absolute atomic E-state index is 4.50. The lowest BCUT2D eigenvalue weighted by Gasteiger charge is -2.10. The maximum atomic E-state index is 4.50. The molecule has 2 N–H and O–H groups in total. The monoisotopic (exact) mass is 148 g/mol. The first-order valence-electron chi connectivity index (χ1n) is 3.85. The molecular weight excluding hydrogens is 124 g/mol. The number of rotatable bonds is 3. The molecule has 0 atom stereocenters. The van der Waals surface area contributed by atoms with Gasteiger partial charge in [-0.15, -0.1) is 0 Å². The predicted molar refractivity (Wildman–Crippen MR) is 50.2 cm³/mol. The minimum Gasteiger partial charge on any atom is -0.333 e. The number of hydrogen-bond acceptors (Lipinski definition) is 2. The van der Waals surface area contributed by atoms with Crippen molar-refractivity contribution in [3.8, 4) is 0 Å². The van der Waals surface area contributed by atoms with E-state index < -0.39 is 0 Å². The molecule has 0 amide bonds. The van der Waals surface area contributed by atoms with E-state index in [4.69, 9.17) is 0 Å². The second-order valence-corrected chi connectivity index (χ2v) is 2.99. The van der Waals surface area contributed by atoms with Gasteiger partial charge in [0.15, 0.2) is 0 Å². The van der Waals surface area contributed by atoms with Gasteiger partial charge < -0.3 is 10.6 Å². The molecule has 0 rings (SSSR count). The van der Waals surface area contributed by atoms with Gasteiger partial charge in [-0.2, -0.15) is 0 Å². The van der Waals surface area contributed by atoms with Gasteiger partial charge in [-0.25, -0.2) is 0 Å². The van der Waals surface area contributed by atoms with Gasteiger partial charge in [-0.3, -0.25) is 0 Å². The summed E-state index contributed by atoms with van der Waals surface area (Å²) in [6.45, 7) is 5.73. The minimum atomic E-state index is 0. The fourth-order valence-electron chi connectivity index (χ4n) is 0.516. The first-order valence-corrected chi connectivity index (χ1v) is 3.85. The van der Waals surface area contributed by atoms with Crippen LogP contribution < -0.4 is 5.73 Å². The summed E-state index contributed by atoms with van der Waals surface area (Å²) in [6, 6.07) is 0. The average Bonchev–Trinajstić information content (AvgIpc) is 1.89. The van der Waals surface area contributed by atoms with Gasteiger partial charge in [0, 0.05) is 1.43 Å². The molecule has 0 saturated heterocycles. The summed E-state index contributed by atoms with van der Waals surface area (Å²) in [5.74, 6) is 0.845. The van der Waals surface area contributed by atoms with Crippen molar-refractivity contribution in [1.82, 2.24) is 4.90 Å². The van der Waals surface area contributed by atoms with Crippen molar-refractivity contribution in [3.05, 3.63) is 0 Å². The summed E-state index contributed by atoms with van der Waals surface area (Å²) in [4.78, 5) is 2.22. The third-order valence-electron chi connectivity index (χ3n) is 1.15. The van der Waals surface area contributed by atoms with Crippen LogP contribution in [-0.4, -0.2) is 32.6 Å². The molecule has 0 aliphatic rings. The maximum Gasteiger partial charge on any atom is 0 e. The number of nitrogens with two attached hydrogens (primary N) is 1. The Kier molecular flexibility index (Phi) is 11.2. The molecule has 0 aromatic heterocycles. The molecule has 0 bridgehead atoms. The SMILES string of the molecule is CC(C)CCN(C)C.CN.[HH]. The number of hydrogen-bond donors (Lipinski definition) is 1. The molecule has 0 spiro atoms. The van der Waals surface area contributed by atoms with Gasteiger partial charge >= 0.3 is 0 Å². The molecule has 0 aliphatic heterocycles. The van der Waals surface area contributed by atoms with E-state index in [1.165, 1.54) is 20.0 Å². The van der Waals surface area contributed by atoms with Crippen LogP contribution in [0.2, 0.25) is 0 Å². The van der Waals surface area contributed by atoms with Gasteiger partial charge in [0.05, 0.1) is 0 Å². The molecule has 0 heterocycles. The van der Waals surface area contributed by atoms with Crippen molar-refractivity contribution in [1.29, 1.82) is 0 Å². The summed E-state index contributed by atoms with van der Waals surface area (Å²) in [7, 11) is 5.73.